The Balaban J connectivity index is 1.49. The molecule has 0 radical (unpaired) electrons. The van der Waals surface area contributed by atoms with E-state index in [-0.39, 0.29) is 5.91 Å². The number of likely N-dealkylation sites (tertiary alicyclic amines) is 1. The molecule has 0 spiro atoms. The lowest BCUT2D eigenvalue weighted by molar-refractivity contribution is -0.131. The molecule has 0 saturated carbocycles. The van der Waals surface area contributed by atoms with Crippen LogP contribution < -0.4 is 5.73 Å². The topological polar surface area (TPSA) is 61.9 Å². The van der Waals surface area contributed by atoms with E-state index in [1.165, 1.54) is 5.56 Å². The lowest BCUT2D eigenvalue weighted by atomic mass is 9.90. The molecule has 1 saturated heterocycles. The van der Waals surface area contributed by atoms with Crippen molar-refractivity contribution in [1.29, 1.82) is 0 Å². The van der Waals surface area contributed by atoms with Crippen LogP contribution in [0.3, 0.4) is 0 Å². The summed E-state index contributed by atoms with van der Waals surface area (Å²) >= 11 is 0. The first-order valence-corrected chi connectivity index (χ1v) is 10.7. The van der Waals surface area contributed by atoms with E-state index < -0.39 is 5.54 Å². The fourth-order valence-corrected chi connectivity index (χ4v) is 4.74. The van der Waals surface area contributed by atoms with Crippen LogP contribution in [0, 0.1) is 11.8 Å². The van der Waals surface area contributed by atoms with Crippen molar-refractivity contribution < 1.29 is 4.79 Å². The summed E-state index contributed by atoms with van der Waals surface area (Å²) < 4.78 is 0. The van der Waals surface area contributed by atoms with Gasteiger partial charge in [-0.15, -0.1) is 0 Å². The Kier molecular flexibility index (Phi) is 6.43. The van der Waals surface area contributed by atoms with Crippen molar-refractivity contribution in [3.63, 3.8) is 0 Å². The Labute approximate surface area is 170 Å². The molecule has 1 fully saturated rings. The maximum Gasteiger partial charge on any atom is 0.257 e. The lowest BCUT2D eigenvalue weighted by Gasteiger charge is -2.35. The van der Waals surface area contributed by atoms with E-state index in [4.69, 9.17) is 5.73 Å². The van der Waals surface area contributed by atoms with Crippen molar-refractivity contribution in [1.82, 2.24) is 9.80 Å². The third-order valence-electron chi connectivity index (χ3n) is 6.20. The minimum Gasteiger partial charge on any atom is -0.369 e. The molecule has 1 aromatic carbocycles. The van der Waals surface area contributed by atoms with E-state index in [0.717, 1.165) is 38.9 Å². The molecule has 2 aliphatic rings. The first kappa shape index (κ1) is 20.8. The summed E-state index contributed by atoms with van der Waals surface area (Å²) in [5.41, 5.74) is 6.87. The molecular weight excluding hydrogens is 348 g/mol. The van der Waals surface area contributed by atoms with Crippen LogP contribution in [-0.4, -0.2) is 53.4 Å². The second-order valence-corrected chi connectivity index (χ2v) is 9.31. The quantitative estimate of drug-likeness (QED) is 0.783. The molecule has 2 aliphatic heterocycles. The Morgan fingerprint density at radius 1 is 1.18 bits per heavy atom. The van der Waals surface area contributed by atoms with Crippen LogP contribution in [0.5, 0.6) is 0 Å². The summed E-state index contributed by atoms with van der Waals surface area (Å²) in [6.45, 7) is 12.5. The number of nitrogens with two attached hydrogens (primary N) is 1. The van der Waals surface area contributed by atoms with Crippen LogP contribution >= 0.6 is 0 Å². The number of amides is 1. The molecule has 0 aliphatic carbocycles. The van der Waals surface area contributed by atoms with E-state index >= 15 is 0 Å². The molecule has 5 nitrogen and oxygen atoms in total. The van der Waals surface area contributed by atoms with Crippen LogP contribution in [0.25, 0.3) is 0 Å². The molecule has 2 unspecified atom stereocenters. The summed E-state index contributed by atoms with van der Waals surface area (Å²) in [5.74, 6) is 1.95. The number of nitrogens with zero attached hydrogens (tertiary/aromatic N) is 3. The molecule has 154 valence electrons. The van der Waals surface area contributed by atoms with Gasteiger partial charge in [0.15, 0.2) is 5.96 Å². The molecule has 1 amide bonds. The Hall–Kier alpha value is -1.88. The summed E-state index contributed by atoms with van der Waals surface area (Å²) in [6, 6.07) is 10.7. The summed E-state index contributed by atoms with van der Waals surface area (Å²) in [4.78, 5) is 21.8. The fraction of sp³-hybridized carbons (Fsp3) is 0.652. The van der Waals surface area contributed by atoms with Gasteiger partial charge in [-0.05, 0) is 62.6 Å². The van der Waals surface area contributed by atoms with Gasteiger partial charge in [0, 0.05) is 13.1 Å². The first-order chi connectivity index (χ1) is 13.3. The van der Waals surface area contributed by atoms with Gasteiger partial charge in [-0.2, -0.15) is 0 Å². The van der Waals surface area contributed by atoms with Crippen LogP contribution in [-0.2, 0) is 4.79 Å². The average molecular weight is 385 g/mol. The zero-order valence-corrected chi connectivity index (χ0v) is 17.9. The first-order valence-electron chi connectivity index (χ1n) is 10.7. The number of hydrogen-bond acceptors (Lipinski definition) is 4. The highest BCUT2D eigenvalue weighted by Crippen LogP contribution is 2.30. The number of carbonyl (C=O) groups excluding carboxylic acids is 1. The maximum atomic E-state index is 12.9. The predicted molar refractivity (Wildman–Crippen MR) is 115 cm³/mol. The van der Waals surface area contributed by atoms with Crippen LogP contribution in [0.4, 0.5) is 0 Å². The summed E-state index contributed by atoms with van der Waals surface area (Å²) in [7, 11) is 0. The van der Waals surface area contributed by atoms with Gasteiger partial charge >= 0.3 is 0 Å². The maximum absolute atomic E-state index is 12.9. The van der Waals surface area contributed by atoms with Crippen molar-refractivity contribution in [2.75, 3.05) is 26.2 Å². The van der Waals surface area contributed by atoms with Crippen molar-refractivity contribution in [3.8, 4) is 0 Å². The largest absolute Gasteiger partial charge is 0.369 e. The molecule has 3 rings (SSSR count). The second kappa shape index (κ2) is 8.64. The van der Waals surface area contributed by atoms with Gasteiger partial charge in [0.1, 0.15) is 5.54 Å². The molecule has 2 heterocycles. The Bertz CT molecular complexity index is 694. The molecule has 1 aromatic rings. The highest BCUT2D eigenvalue weighted by atomic mass is 16.2. The van der Waals surface area contributed by atoms with Gasteiger partial charge < -0.3 is 10.6 Å². The van der Waals surface area contributed by atoms with Crippen LogP contribution in [0.1, 0.15) is 58.4 Å². The predicted octanol–water partition coefficient (Wildman–Crippen LogP) is 3.46. The van der Waals surface area contributed by atoms with Crippen LogP contribution in [0.15, 0.2) is 35.3 Å². The van der Waals surface area contributed by atoms with Crippen molar-refractivity contribution in [2.24, 2.45) is 22.6 Å². The van der Waals surface area contributed by atoms with Crippen molar-refractivity contribution in [2.45, 2.75) is 58.4 Å². The van der Waals surface area contributed by atoms with E-state index in [1.807, 2.05) is 6.92 Å². The summed E-state index contributed by atoms with van der Waals surface area (Å²) in [6.07, 6.45) is 2.97. The van der Waals surface area contributed by atoms with E-state index in [9.17, 15) is 4.79 Å². The molecule has 5 heteroatoms. The highest BCUT2D eigenvalue weighted by Gasteiger charge is 2.44. The highest BCUT2D eigenvalue weighted by molar-refractivity contribution is 6.06. The van der Waals surface area contributed by atoms with Gasteiger partial charge in [0.2, 0.25) is 0 Å². The Morgan fingerprint density at radius 2 is 1.82 bits per heavy atom. The molecule has 0 bridgehead atoms. The molecule has 2 N–H and O–H groups in total. The van der Waals surface area contributed by atoms with E-state index in [2.05, 4.69) is 61.0 Å². The number of rotatable bonds is 7. The number of piperidine rings is 1. The third kappa shape index (κ3) is 4.75. The number of aliphatic imine (C=N–C) groups is 1. The molecule has 28 heavy (non-hydrogen) atoms. The van der Waals surface area contributed by atoms with E-state index in [1.54, 1.807) is 4.90 Å². The van der Waals surface area contributed by atoms with Crippen LogP contribution in [0.2, 0.25) is 0 Å². The third-order valence-corrected chi connectivity index (χ3v) is 6.20. The van der Waals surface area contributed by atoms with Gasteiger partial charge in [-0.1, -0.05) is 51.1 Å². The SMILES string of the molecule is CC(C)CC1(C)N=C(N)N(CC2CCN(CC(C)c3ccccc3)CC2)C1=O. The number of benzene rings is 1. The average Bonchev–Trinajstić information content (AvgIpc) is 2.86. The van der Waals surface area contributed by atoms with Crippen molar-refractivity contribution in [3.05, 3.63) is 35.9 Å². The normalized spacial score (nSPS) is 25.4. The minimum atomic E-state index is -0.677. The van der Waals surface area contributed by atoms with Gasteiger partial charge in [0.05, 0.1) is 0 Å². The standard InChI is InChI=1S/C23H36N4O/c1-17(2)14-23(4)21(28)27(22(24)25-23)16-19-10-12-26(13-11-19)15-18(3)20-8-6-5-7-9-20/h5-9,17-19H,10-16H2,1-4H3,(H2,24,25). The number of hydrogen-bond donors (Lipinski definition) is 1. The van der Waals surface area contributed by atoms with Gasteiger partial charge in [-0.25, -0.2) is 4.99 Å². The molecule has 0 aromatic heterocycles. The monoisotopic (exact) mass is 384 g/mol. The van der Waals surface area contributed by atoms with Crippen molar-refractivity contribution >= 4 is 11.9 Å². The van der Waals surface area contributed by atoms with E-state index in [0.29, 0.717) is 30.3 Å². The zero-order valence-electron chi connectivity index (χ0n) is 17.9. The lowest BCUT2D eigenvalue weighted by Crippen LogP contribution is -2.47. The number of carbonyl (C=O) groups is 1. The van der Waals surface area contributed by atoms with Gasteiger partial charge in [-0.3, -0.25) is 9.69 Å². The van der Waals surface area contributed by atoms with Gasteiger partial charge in [0.25, 0.3) is 5.91 Å². The minimum absolute atomic E-state index is 0.0822. The summed E-state index contributed by atoms with van der Waals surface area (Å²) in [5, 5.41) is 0. The zero-order chi connectivity index (χ0) is 20.3. The molecular formula is C23H36N4O. The molecule has 2 atom stereocenters. The second-order valence-electron chi connectivity index (χ2n) is 9.31. The fourth-order valence-electron chi connectivity index (χ4n) is 4.74. The number of guanidine groups is 1. The Morgan fingerprint density at radius 3 is 2.43 bits per heavy atom. The smallest absolute Gasteiger partial charge is 0.257 e.